The van der Waals surface area contributed by atoms with Crippen molar-refractivity contribution in [3.63, 3.8) is 0 Å². The molecule has 176 valence electrons. The maximum absolute atomic E-state index is 13.1. The molecule has 3 aromatic carbocycles. The van der Waals surface area contributed by atoms with E-state index in [4.69, 9.17) is 9.47 Å². The molecular weight excluding hydrogens is 424 g/mol. The highest BCUT2D eigenvalue weighted by molar-refractivity contribution is 5.85. The maximum atomic E-state index is 13.1. The summed E-state index contributed by atoms with van der Waals surface area (Å²) in [7, 11) is 3.21. The highest BCUT2D eigenvalue weighted by atomic mass is 16.5. The molecule has 0 bridgehead atoms. The van der Waals surface area contributed by atoms with Crippen LogP contribution >= 0.6 is 0 Å². The van der Waals surface area contributed by atoms with Crippen LogP contribution in [0.3, 0.4) is 0 Å². The summed E-state index contributed by atoms with van der Waals surface area (Å²) in [5.74, 6) is 1.72. The third kappa shape index (κ3) is 4.66. The standard InChI is InChI=1S/C29H32N2O3/c1-33-27-17-25-12-15-31(29(32)26(25)18-28(27)34-2)20-22-11-14-30(19-22)13-5-6-21-9-10-23-7-3-4-8-24(23)16-21/h3-4,7-10,12,15-18,22H,5-6,11,13-14,19-20H2,1-2H3. The third-order valence-electron chi connectivity index (χ3n) is 7.06. The van der Waals surface area contributed by atoms with Gasteiger partial charge in [0, 0.05) is 19.3 Å². The fraction of sp³-hybridized carbons (Fsp3) is 0.345. The zero-order valence-electron chi connectivity index (χ0n) is 20.0. The molecule has 0 aliphatic carbocycles. The quantitative estimate of drug-likeness (QED) is 0.369. The summed E-state index contributed by atoms with van der Waals surface area (Å²) in [6, 6.07) is 21.0. The molecule has 1 aliphatic rings. The Labute approximate surface area is 200 Å². The first-order valence-corrected chi connectivity index (χ1v) is 12.1. The second-order valence-corrected chi connectivity index (χ2v) is 9.31. The van der Waals surface area contributed by atoms with Gasteiger partial charge in [-0.25, -0.2) is 0 Å². The number of hydrogen-bond acceptors (Lipinski definition) is 4. The Bertz CT molecular complexity index is 1360. The lowest BCUT2D eigenvalue weighted by molar-refractivity contribution is 0.312. The van der Waals surface area contributed by atoms with Crippen LogP contribution in [0.4, 0.5) is 0 Å². The fourth-order valence-electron chi connectivity index (χ4n) is 5.20. The van der Waals surface area contributed by atoms with Gasteiger partial charge in [0.2, 0.25) is 0 Å². The Morgan fingerprint density at radius 2 is 1.71 bits per heavy atom. The van der Waals surface area contributed by atoms with Gasteiger partial charge in [-0.2, -0.15) is 0 Å². The van der Waals surface area contributed by atoms with Crippen LogP contribution in [0.1, 0.15) is 18.4 Å². The van der Waals surface area contributed by atoms with E-state index < -0.39 is 0 Å². The highest BCUT2D eigenvalue weighted by Gasteiger charge is 2.23. The summed E-state index contributed by atoms with van der Waals surface area (Å²) in [6.45, 7) is 4.01. The van der Waals surface area contributed by atoms with Crippen LogP contribution in [0.15, 0.2) is 71.7 Å². The van der Waals surface area contributed by atoms with Gasteiger partial charge in [-0.15, -0.1) is 0 Å². The van der Waals surface area contributed by atoms with E-state index in [1.165, 1.54) is 16.3 Å². The van der Waals surface area contributed by atoms with Gasteiger partial charge < -0.3 is 18.9 Å². The fourth-order valence-corrected chi connectivity index (χ4v) is 5.20. The second kappa shape index (κ2) is 9.90. The largest absolute Gasteiger partial charge is 0.493 e. The van der Waals surface area contributed by atoms with E-state index >= 15 is 0 Å². The molecule has 1 aromatic heterocycles. The minimum atomic E-state index is 0.0354. The summed E-state index contributed by atoms with van der Waals surface area (Å²) in [5.41, 5.74) is 1.44. The smallest absolute Gasteiger partial charge is 0.258 e. The molecule has 2 heterocycles. The number of aryl methyl sites for hydroxylation is 1. The number of benzene rings is 3. The number of pyridine rings is 1. The van der Waals surface area contributed by atoms with Crippen LogP contribution in [0.2, 0.25) is 0 Å². The molecule has 5 rings (SSSR count). The van der Waals surface area contributed by atoms with Gasteiger partial charge in [-0.3, -0.25) is 4.79 Å². The van der Waals surface area contributed by atoms with Crippen LogP contribution in [-0.4, -0.2) is 43.3 Å². The van der Waals surface area contributed by atoms with Gasteiger partial charge >= 0.3 is 0 Å². The molecule has 5 heteroatoms. The molecule has 0 spiro atoms. The summed E-state index contributed by atoms with van der Waals surface area (Å²) in [5, 5.41) is 4.17. The van der Waals surface area contributed by atoms with Gasteiger partial charge in [0.05, 0.1) is 19.6 Å². The third-order valence-corrected chi connectivity index (χ3v) is 7.06. The van der Waals surface area contributed by atoms with Crippen molar-refractivity contribution in [3.05, 3.63) is 82.8 Å². The van der Waals surface area contributed by atoms with Crippen LogP contribution in [0, 0.1) is 5.92 Å². The Balaban J connectivity index is 1.18. The van der Waals surface area contributed by atoms with Crippen molar-refractivity contribution in [2.75, 3.05) is 33.9 Å². The molecule has 1 atom stereocenters. The first-order chi connectivity index (χ1) is 16.6. The van der Waals surface area contributed by atoms with Crippen molar-refractivity contribution < 1.29 is 9.47 Å². The first kappa shape index (κ1) is 22.5. The van der Waals surface area contributed by atoms with Crippen molar-refractivity contribution in [3.8, 4) is 11.5 Å². The van der Waals surface area contributed by atoms with Gasteiger partial charge in [-0.05, 0) is 78.2 Å². The van der Waals surface area contributed by atoms with Crippen LogP contribution in [0.25, 0.3) is 21.5 Å². The Morgan fingerprint density at radius 1 is 0.912 bits per heavy atom. The molecular formula is C29H32N2O3. The van der Waals surface area contributed by atoms with E-state index in [2.05, 4.69) is 47.4 Å². The van der Waals surface area contributed by atoms with Gasteiger partial charge in [-0.1, -0.05) is 42.5 Å². The Morgan fingerprint density at radius 3 is 2.53 bits per heavy atom. The summed E-state index contributed by atoms with van der Waals surface area (Å²) < 4.78 is 12.6. The van der Waals surface area contributed by atoms with Crippen molar-refractivity contribution in [2.24, 2.45) is 5.92 Å². The molecule has 34 heavy (non-hydrogen) atoms. The summed E-state index contributed by atoms with van der Waals surface area (Å²) in [4.78, 5) is 15.7. The SMILES string of the molecule is COc1cc2ccn(CC3CCN(CCCc4ccc5ccccc5c4)C3)c(=O)c2cc1OC. The number of nitrogens with zero attached hydrogens (tertiary/aromatic N) is 2. The highest BCUT2D eigenvalue weighted by Crippen LogP contribution is 2.31. The molecule has 4 aromatic rings. The zero-order valence-corrected chi connectivity index (χ0v) is 20.0. The zero-order chi connectivity index (χ0) is 23.5. The summed E-state index contributed by atoms with van der Waals surface area (Å²) in [6.07, 6.45) is 5.30. The van der Waals surface area contributed by atoms with Gasteiger partial charge in [0.1, 0.15) is 0 Å². The minimum absolute atomic E-state index is 0.0354. The minimum Gasteiger partial charge on any atom is -0.493 e. The van der Waals surface area contributed by atoms with Crippen molar-refractivity contribution in [2.45, 2.75) is 25.8 Å². The lowest BCUT2D eigenvalue weighted by Crippen LogP contribution is -2.27. The Hall–Kier alpha value is -3.31. The van der Waals surface area contributed by atoms with Crippen LogP contribution < -0.4 is 15.0 Å². The van der Waals surface area contributed by atoms with Gasteiger partial charge in [0.25, 0.3) is 5.56 Å². The average Bonchev–Trinajstić information content (AvgIpc) is 3.32. The van der Waals surface area contributed by atoms with Crippen molar-refractivity contribution >= 4 is 21.5 Å². The van der Waals surface area contributed by atoms with Crippen LogP contribution in [0.5, 0.6) is 11.5 Å². The number of likely N-dealkylation sites (tertiary alicyclic amines) is 1. The number of rotatable bonds is 8. The second-order valence-electron chi connectivity index (χ2n) is 9.31. The molecule has 1 unspecified atom stereocenters. The molecule has 1 aliphatic heterocycles. The Kier molecular flexibility index (Phi) is 6.54. The molecule has 0 saturated carbocycles. The number of ether oxygens (including phenoxy) is 2. The molecule has 5 nitrogen and oxygen atoms in total. The van der Waals surface area contributed by atoms with E-state index in [0.717, 1.165) is 50.8 Å². The first-order valence-electron chi connectivity index (χ1n) is 12.1. The summed E-state index contributed by atoms with van der Waals surface area (Å²) >= 11 is 0. The van der Waals surface area contributed by atoms with E-state index in [0.29, 0.717) is 22.8 Å². The van der Waals surface area contributed by atoms with E-state index in [-0.39, 0.29) is 5.56 Å². The molecule has 1 saturated heterocycles. The predicted molar refractivity (Wildman–Crippen MR) is 138 cm³/mol. The van der Waals surface area contributed by atoms with Gasteiger partial charge in [0.15, 0.2) is 11.5 Å². The number of methoxy groups -OCH3 is 2. The lowest BCUT2D eigenvalue weighted by Gasteiger charge is -2.17. The number of fused-ring (bicyclic) bond motifs is 2. The number of hydrogen-bond donors (Lipinski definition) is 0. The average molecular weight is 457 g/mol. The van der Waals surface area contributed by atoms with E-state index in [1.54, 1.807) is 20.3 Å². The maximum Gasteiger partial charge on any atom is 0.258 e. The van der Waals surface area contributed by atoms with E-state index in [9.17, 15) is 4.79 Å². The lowest BCUT2D eigenvalue weighted by atomic mass is 10.0. The molecule has 0 N–H and O–H groups in total. The topological polar surface area (TPSA) is 43.7 Å². The predicted octanol–water partition coefficient (Wildman–Crippen LogP) is 5.13. The van der Waals surface area contributed by atoms with Crippen molar-refractivity contribution in [1.29, 1.82) is 0 Å². The molecule has 0 radical (unpaired) electrons. The molecule has 1 fully saturated rings. The van der Waals surface area contributed by atoms with Crippen LogP contribution in [-0.2, 0) is 13.0 Å². The monoisotopic (exact) mass is 456 g/mol. The van der Waals surface area contributed by atoms with Crippen molar-refractivity contribution in [1.82, 2.24) is 9.47 Å². The molecule has 0 amide bonds. The van der Waals surface area contributed by atoms with E-state index in [1.807, 2.05) is 22.9 Å². The number of aromatic nitrogens is 1. The normalized spacial score (nSPS) is 16.4.